The van der Waals surface area contributed by atoms with E-state index in [0.29, 0.717) is 12.8 Å². The van der Waals surface area contributed by atoms with Crippen LogP contribution in [0.25, 0.3) is 0 Å². The second kappa shape index (κ2) is 4.72. The maximum atomic E-state index is 11.5. The lowest BCUT2D eigenvalue weighted by atomic mass is 10.1. The van der Waals surface area contributed by atoms with Gasteiger partial charge >= 0.3 is 0 Å². The van der Waals surface area contributed by atoms with Gasteiger partial charge in [0.1, 0.15) is 0 Å². The standard InChI is InChI=1S/C10H15N3O/c1-3-4-9(11)10(14)7-8-5-6-13(2)12-8/h3,5-6,9H,1,4,7,11H2,2H3. The highest BCUT2D eigenvalue weighted by Crippen LogP contribution is 2.00. The van der Waals surface area contributed by atoms with Gasteiger partial charge in [-0.3, -0.25) is 9.48 Å². The summed E-state index contributed by atoms with van der Waals surface area (Å²) in [6.45, 7) is 3.54. The third-order valence-corrected chi connectivity index (χ3v) is 1.96. The van der Waals surface area contributed by atoms with Gasteiger partial charge in [-0.05, 0) is 12.5 Å². The van der Waals surface area contributed by atoms with Crippen molar-refractivity contribution in [1.29, 1.82) is 0 Å². The molecule has 1 atom stereocenters. The van der Waals surface area contributed by atoms with E-state index in [2.05, 4.69) is 11.7 Å². The Labute approximate surface area is 83.4 Å². The second-order valence-electron chi connectivity index (χ2n) is 3.25. The van der Waals surface area contributed by atoms with E-state index in [-0.39, 0.29) is 5.78 Å². The Morgan fingerprint density at radius 2 is 2.57 bits per heavy atom. The van der Waals surface area contributed by atoms with E-state index in [1.807, 2.05) is 19.3 Å². The van der Waals surface area contributed by atoms with Crippen LogP contribution in [-0.4, -0.2) is 21.6 Å². The van der Waals surface area contributed by atoms with E-state index in [1.165, 1.54) is 0 Å². The molecule has 0 fully saturated rings. The first-order valence-corrected chi connectivity index (χ1v) is 4.51. The highest BCUT2D eigenvalue weighted by molar-refractivity contribution is 5.85. The Kier molecular flexibility index (Phi) is 3.59. The van der Waals surface area contributed by atoms with Crippen molar-refractivity contribution in [1.82, 2.24) is 9.78 Å². The number of nitrogens with two attached hydrogens (primary N) is 1. The van der Waals surface area contributed by atoms with Crippen LogP contribution >= 0.6 is 0 Å². The minimum atomic E-state index is -0.450. The third-order valence-electron chi connectivity index (χ3n) is 1.96. The van der Waals surface area contributed by atoms with Gasteiger partial charge in [-0.25, -0.2) is 0 Å². The fourth-order valence-electron chi connectivity index (χ4n) is 1.18. The Balaban J connectivity index is 2.52. The molecular weight excluding hydrogens is 178 g/mol. The van der Waals surface area contributed by atoms with E-state index in [1.54, 1.807) is 10.8 Å². The van der Waals surface area contributed by atoms with Gasteiger partial charge in [0.05, 0.1) is 18.2 Å². The largest absolute Gasteiger partial charge is 0.321 e. The molecule has 0 aromatic carbocycles. The maximum absolute atomic E-state index is 11.5. The van der Waals surface area contributed by atoms with Crippen molar-refractivity contribution in [3.05, 3.63) is 30.6 Å². The van der Waals surface area contributed by atoms with Gasteiger partial charge in [0.2, 0.25) is 0 Å². The first-order chi connectivity index (χ1) is 6.63. The summed E-state index contributed by atoms with van der Waals surface area (Å²) in [5, 5.41) is 4.11. The van der Waals surface area contributed by atoms with Crippen molar-refractivity contribution in [2.24, 2.45) is 12.8 Å². The number of aromatic nitrogens is 2. The van der Waals surface area contributed by atoms with Crippen LogP contribution in [0.5, 0.6) is 0 Å². The second-order valence-corrected chi connectivity index (χ2v) is 3.25. The van der Waals surface area contributed by atoms with E-state index in [0.717, 1.165) is 5.69 Å². The van der Waals surface area contributed by atoms with Crippen molar-refractivity contribution >= 4 is 5.78 Å². The average Bonchev–Trinajstić information content (AvgIpc) is 2.51. The molecule has 1 heterocycles. The molecule has 4 heteroatoms. The van der Waals surface area contributed by atoms with Crippen LogP contribution in [0.15, 0.2) is 24.9 Å². The lowest BCUT2D eigenvalue weighted by molar-refractivity contribution is -0.119. The predicted octanol–water partition coefficient (Wildman–Crippen LogP) is 0.435. The fraction of sp³-hybridized carbons (Fsp3) is 0.400. The van der Waals surface area contributed by atoms with Crippen molar-refractivity contribution < 1.29 is 4.79 Å². The van der Waals surface area contributed by atoms with Crippen LogP contribution in [0, 0.1) is 0 Å². The van der Waals surface area contributed by atoms with Crippen LogP contribution in [0.4, 0.5) is 0 Å². The van der Waals surface area contributed by atoms with Crippen LogP contribution in [-0.2, 0) is 18.3 Å². The molecule has 14 heavy (non-hydrogen) atoms. The Morgan fingerprint density at radius 3 is 3.07 bits per heavy atom. The third kappa shape index (κ3) is 2.81. The zero-order valence-corrected chi connectivity index (χ0v) is 8.31. The smallest absolute Gasteiger partial charge is 0.155 e. The SMILES string of the molecule is C=CCC(N)C(=O)Cc1ccn(C)n1. The summed E-state index contributed by atoms with van der Waals surface area (Å²) in [6, 6.07) is 1.37. The van der Waals surface area contributed by atoms with E-state index >= 15 is 0 Å². The average molecular weight is 193 g/mol. The zero-order chi connectivity index (χ0) is 10.6. The summed E-state index contributed by atoms with van der Waals surface area (Å²) < 4.78 is 1.67. The van der Waals surface area contributed by atoms with Gasteiger partial charge in [-0.15, -0.1) is 6.58 Å². The molecule has 2 N–H and O–H groups in total. The lowest BCUT2D eigenvalue weighted by Crippen LogP contribution is -2.31. The summed E-state index contributed by atoms with van der Waals surface area (Å²) in [4.78, 5) is 11.5. The minimum Gasteiger partial charge on any atom is -0.321 e. The molecule has 0 saturated carbocycles. The van der Waals surface area contributed by atoms with E-state index in [9.17, 15) is 4.79 Å². The van der Waals surface area contributed by atoms with Gasteiger partial charge in [0.25, 0.3) is 0 Å². The molecule has 1 unspecified atom stereocenters. The Bertz CT molecular complexity index is 330. The molecule has 0 radical (unpaired) electrons. The quantitative estimate of drug-likeness (QED) is 0.690. The molecule has 0 spiro atoms. The Morgan fingerprint density at radius 1 is 1.86 bits per heavy atom. The maximum Gasteiger partial charge on any atom is 0.155 e. The molecule has 0 aliphatic heterocycles. The molecule has 0 aliphatic rings. The van der Waals surface area contributed by atoms with Crippen LogP contribution in [0.2, 0.25) is 0 Å². The first kappa shape index (κ1) is 10.7. The summed E-state index contributed by atoms with van der Waals surface area (Å²) in [6.07, 6.45) is 4.28. The highest BCUT2D eigenvalue weighted by Gasteiger charge is 2.13. The van der Waals surface area contributed by atoms with Gasteiger partial charge in [0.15, 0.2) is 5.78 Å². The molecule has 4 nitrogen and oxygen atoms in total. The number of rotatable bonds is 5. The topological polar surface area (TPSA) is 60.9 Å². The van der Waals surface area contributed by atoms with Crippen LogP contribution in [0.3, 0.4) is 0 Å². The van der Waals surface area contributed by atoms with Gasteiger partial charge in [-0.2, -0.15) is 5.10 Å². The molecule has 1 aromatic rings. The van der Waals surface area contributed by atoms with Gasteiger partial charge < -0.3 is 5.73 Å². The van der Waals surface area contributed by atoms with Crippen molar-refractivity contribution in [3.8, 4) is 0 Å². The molecule has 1 aromatic heterocycles. The summed E-state index contributed by atoms with van der Waals surface area (Å²) >= 11 is 0. The summed E-state index contributed by atoms with van der Waals surface area (Å²) in [5.41, 5.74) is 6.39. The predicted molar refractivity (Wildman–Crippen MR) is 54.7 cm³/mol. The minimum absolute atomic E-state index is 0.00333. The number of nitrogens with zero attached hydrogens (tertiary/aromatic N) is 2. The molecule has 0 saturated heterocycles. The molecule has 76 valence electrons. The van der Waals surface area contributed by atoms with E-state index in [4.69, 9.17) is 5.73 Å². The fourth-order valence-corrected chi connectivity index (χ4v) is 1.18. The number of hydrogen-bond acceptors (Lipinski definition) is 3. The number of hydrogen-bond donors (Lipinski definition) is 1. The van der Waals surface area contributed by atoms with E-state index < -0.39 is 6.04 Å². The number of Topliss-reactive ketones (excluding diaryl/α,β-unsaturated/α-hetero) is 1. The van der Waals surface area contributed by atoms with Crippen molar-refractivity contribution in [3.63, 3.8) is 0 Å². The monoisotopic (exact) mass is 193 g/mol. The van der Waals surface area contributed by atoms with Gasteiger partial charge in [-0.1, -0.05) is 6.08 Å². The zero-order valence-electron chi connectivity index (χ0n) is 8.31. The first-order valence-electron chi connectivity index (χ1n) is 4.51. The number of ketones is 1. The Hall–Kier alpha value is -1.42. The summed E-state index contributed by atoms with van der Waals surface area (Å²) in [5.74, 6) is 0.00333. The molecule has 0 amide bonds. The molecular formula is C10H15N3O. The van der Waals surface area contributed by atoms with Gasteiger partial charge in [0, 0.05) is 13.2 Å². The van der Waals surface area contributed by atoms with Crippen molar-refractivity contribution in [2.75, 3.05) is 0 Å². The number of carbonyl (C=O) groups is 1. The van der Waals surface area contributed by atoms with Crippen LogP contribution < -0.4 is 5.73 Å². The highest BCUT2D eigenvalue weighted by atomic mass is 16.1. The normalized spacial score (nSPS) is 12.4. The molecule has 1 rings (SSSR count). The number of aryl methyl sites for hydroxylation is 1. The van der Waals surface area contributed by atoms with Crippen molar-refractivity contribution in [2.45, 2.75) is 18.9 Å². The molecule has 0 bridgehead atoms. The lowest BCUT2D eigenvalue weighted by Gasteiger charge is -2.05. The number of carbonyl (C=O) groups excluding carboxylic acids is 1. The molecule has 0 aliphatic carbocycles. The van der Waals surface area contributed by atoms with Crippen LogP contribution in [0.1, 0.15) is 12.1 Å². The summed E-state index contributed by atoms with van der Waals surface area (Å²) in [7, 11) is 1.82.